The van der Waals surface area contributed by atoms with Crippen molar-refractivity contribution in [2.75, 3.05) is 70.2 Å². The Kier molecular flexibility index (Phi) is 9.90. The molecule has 2 amide bonds. The van der Waals surface area contributed by atoms with Crippen molar-refractivity contribution in [1.29, 1.82) is 0 Å². The molecule has 6 rings (SSSR count). The molecule has 2 saturated heterocycles. The molecule has 0 bridgehead atoms. The highest BCUT2D eigenvalue weighted by molar-refractivity contribution is 6.03. The Morgan fingerprint density at radius 2 is 1.87 bits per heavy atom. The number of likely N-dealkylation sites (tertiary alicyclic amines) is 1. The van der Waals surface area contributed by atoms with Crippen LogP contribution in [0, 0.1) is 0 Å². The zero-order valence-electron chi connectivity index (χ0n) is 27.3. The van der Waals surface area contributed by atoms with Crippen molar-refractivity contribution in [3.05, 3.63) is 78.4 Å². The van der Waals surface area contributed by atoms with Gasteiger partial charge < -0.3 is 30.2 Å². The molecule has 12 nitrogen and oxygen atoms in total. The molecule has 1 aromatic carbocycles. The van der Waals surface area contributed by atoms with E-state index in [0.717, 1.165) is 79.2 Å². The zero-order valence-corrected chi connectivity index (χ0v) is 27.3. The number of piperidine rings is 1. The fourth-order valence-electron chi connectivity index (χ4n) is 6.28. The number of benzene rings is 1. The van der Waals surface area contributed by atoms with Gasteiger partial charge in [0.05, 0.1) is 24.1 Å². The summed E-state index contributed by atoms with van der Waals surface area (Å²) in [6.07, 6.45) is 8.66. The number of carbonyl (C=O) groups excluding carboxylic acids is 2. The number of hydrogen-bond acceptors (Lipinski definition) is 9. The highest BCUT2D eigenvalue weighted by Crippen LogP contribution is 2.30. The molecule has 3 N–H and O–H groups in total. The minimum Gasteiger partial charge on any atom is -0.378 e. The Labute approximate surface area is 275 Å². The van der Waals surface area contributed by atoms with Gasteiger partial charge in [0.2, 0.25) is 5.91 Å². The van der Waals surface area contributed by atoms with Gasteiger partial charge in [0, 0.05) is 56.4 Å². The van der Waals surface area contributed by atoms with E-state index in [9.17, 15) is 9.59 Å². The minimum atomic E-state index is -0.317. The quantitative estimate of drug-likeness (QED) is 0.223. The number of morpholine rings is 1. The number of aromatic amines is 1. The largest absolute Gasteiger partial charge is 0.378 e. The lowest BCUT2D eigenvalue weighted by Crippen LogP contribution is -2.56. The summed E-state index contributed by atoms with van der Waals surface area (Å²) in [7, 11) is 3.94. The van der Waals surface area contributed by atoms with Crippen LogP contribution in [0.2, 0.25) is 0 Å². The van der Waals surface area contributed by atoms with Gasteiger partial charge in [0.1, 0.15) is 23.5 Å². The number of fused-ring (bicyclic) bond motifs is 1. The van der Waals surface area contributed by atoms with Gasteiger partial charge in [-0.25, -0.2) is 9.97 Å². The number of aromatic nitrogens is 4. The smallest absolute Gasteiger partial charge is 0.274 e. The number of hydrogen-bond donors (Lipinski definition) is 3. The predicted molar refractivity (Wildman–Crippen MR) is 183 cm³/mol. The van der Waals surface area contributed by atoms with E-state index in [-0.39, 0.29) is 17.4 Å². The molecular weight excluding hydrogens is 594 g/mol. The van der Waals surface area contributed by atoms with Crippen molar-refractivity contribution >= 4 is 34.4 Å². The Morgan fingerprint density at radius 3 is 2.66 bits per heavy atom. The maximum Gasteiger partial charge on any atom is 0.274 e. The summed E-state index contributed by atoms with van der Waals surface area (Å²) < 4.78 is 5.50. The second-order valence-electron chi connectivity index (χ2n) is 12.9. The van der Waals surface area contributed by atoms with Gasteiger partial charge in [-0.05, 0) is 81.9 Å². The van der Waals surface area contributed by atoms with Crippen LogP contribution in [0.4, 0.5) is 11.5 Å². The Balaban J connectivity index is 1.06. The molecule has 2 aliphatic heterocycles. The molecule has 0 aliphatic carbocycles. The van der Waals surface area contributed by atoms with Gasteiger partial charge in [0.15, 0.2) is 0 Å². The van der Waals surface area contributed by atoms with Gasteiger partial charge in [-0.3, -0.25) is 19.5 Å². The van der Waals surface area contributed by atoms with Crippen molar-refractivity contribution < 1.29 is 14.3 Å². The normalized spacial score (nSPS) is 19.0. The van der Waals surface area contributed by atoms with Crippen LogP contribution in [-0.2, 0) is 16.1 Å². The molecular formula is C35H43N9O3. The number of likely N-dealkylation sites (N-methyl/N-ethyl adjacent to an activating group) is 1. The fraction of sp³-hybridized carbons (Fsp3) is 0.400. The van der Waals surface area contributed by atoms with E-state index in [1.807, 2.05) is 61.5 Å². The van der Waals surface area contributed by atoms with E-state index in [4.69, 9.17) is 4.74 Å². The maximum atomic E-state index is 13.2. The molecule has 246 valence electrons. The van der Waals surface area contributed by atoms with E-state index in [1.54, 1.807) is 18.6 Å². The summed E-state index contributed by atoms with van der Waals surface area (Å²) >= 11 is 0. The molecule has 0 radical (unpaired) electrons. The molecule has 47 heavy (non-hydrogen) atoms. The molecule has 2 aliphatic rings. The van der Waals surface area contributed by atoms with Gasteiger partial charge in [-0.15, -0.1) is 0 Å². The third-order valence-electron chi connectivity index (χ3n) is 8.57. The number of H-pyrrole nitrogens is 1. The molecule has 12 heteroatoms. The number of rotatable bonds is 10. The number of ether oxygens (including phenoxy) is 1. The van der Waals surface area contributed by atoms with Crippen molar-refractivity contribution in [3.8, 4) is 11.3 Å². The standard InChI is InChI=1S/C35H43N9O3/c1-35(41-31(45)6-4-14-42(2)3)12-5-15-43(23-35)22-25-11-13-36-30(20-25)34(46)39-27-9-7-26(8-10-27)29-21-28-32(40-29)37-24-38-33(28)44-16-18-47-19-17-44/h4,6-11,13,20-21,24H,5,12,14-19,22-23H2,1-3H3,(H,39,46)(H,41,45)(H,37,38,40)/b6-4+. The van der Waals surface area contributed by atoms with Crippen molar-refractivity contribution in [2.24, 2.45) is 0 Å². The van der Waals surface area contributed by atoms with E-state index >= 15 is 0 Å². The Hall–Kier alpha value is -4.65. The average Bonchev–Trinajstić information content (AvgIpc) is 3.50. The Morgan fingerprint density at radius 1 is 1.06 bits per heavy atom. The Bertz CT molecular complexity index is 1730. The van der Waals surface area contributed by atoms with Crippen LogP contribution in [-0.4, -0.2) is 107 Å². The minimum absolute atomic E-state index is 0.0688. The number of pyridine rings is 1. The summed E-state index contributed by atoms with van der Waals surface area (Å²) in [6.45, 7) is 8.11. The molecule has 0 spiro atoms. The van der Waals surface area contributed by atoms with Crippen LogP contribution in [0.25, 0.3) is 22.3 Å². The van der Waals surface area contributed by atoms with Gasteiger partial charge in [0.25, 0.3) is 5.91 Å². The van der Waals surface area contributed by atoms with Crippen molar-refractivity contribution in [2.45, 2.75) is 31.8 Å². The highest BCUT2D eigenvalue weighted by atomic mass is 16.5. The van der Waals surface area contributed by atoms with Crippen molar-refractivity contribution in [1.82, 2.24) is 35.1 Å². The SMILES string of the molecule is CN(C)C/C=C/C(=O)NC1(C)CCCN(Cc2ccnc(C(=O)Nc3ccc(-c4cc5c(N6CCOCC6)ncnc5[nH]4)cc3)c2)C1. The fourth-order valence-corrected chi connectivity index (χ4v) is 6.28. The number of amides is 2. The maximum absolute atomic E-state index is 13.2. The molecule has 4 aromatic rings. The van der Waals surface area contributed by atoms with Crippen LogP contribution < -0.4 is 15.5 Å². The molecule has 3 aromatic heterocycles. The first-order valence-electron chi connectivity index (χ1n) is 16.1. The molecule has 1 atom stereocenters. The number of carbonyl (C=O) groups is 2. The topological polar surface area (TPSA) is 132 Å². The van der Waals surface area contributed by atoms with Crippen LogP contribution in [0.1, 0.15) is 35.8 Å². The van der Waals surface area contributed by atoms with Gasteiger partial charge in [-0.2, -0.15) is 0 Å². The number of anilines is 2. The molecule has 1 unspecified atom stereocenters. The first-order valence-corrected chi connectivity index (χ1v) is 16.1. The second kappa shape index (κ2) is 14.4. The van der Waals surface area contributed by atoms with E-state index in [2.05, 4.69) is 53.4 Å². The van der Waals surface area contributed by atoms with E-state index in [0.29, 0.717) is 31.1 Å². The summed E-state index contributed by atoms with van der Waals surface area (Å²) in [4.78, 5) is 49.0. The van der Waals surface area contributed by atoms with Crippen LogP contribution in [0.5, 0.6) is 0 Å². The lowest BCUT2D eigenvalue weighted by Gasteiger charge is -2.41. The first-order chi connectivity index (χ1) is 22.7. The van der Waals surface area contributed by atoms with Crippen LogP contribution in [0.15, 0.2) is 67.1 Å². The lowest BCUT2D eigenvalue weighted by molar-refractivity contribution is -0.118. The van der Waals surface area contributed by atoms with E-state index in [1.165, 1.54) is 0 Å². The average molecular weight is 638 g/mol. The number of nitrogens with zero attached hydrogens (tertiary/aromatic N) is 6. The third kappa shape index (κ3) is 8.20. The van der Waals surface area contributed by atoms with Crippen LogP contribution >= 0.6 is 0 Å². The summed E-state index contributed by atoms with van der Waals surface area (Å²) in [5.74, 6) is 0.570. The summed E-state index contributed by atoms with van der Waals surface area (Å²) in [5.41, 5.74) is 4.41. The van der Waals surface area contributed by atoms with Gasteiger partial charge >= 0.3 is 0 Å². The summed E-state index contributed by atoms with van der Waals surface area (Å²) in [6, 6.07) is 13.6. The molecule has 5 heterocycles. The third-order valence-corrected chi connectivity index (χ3v) is 8.57. The first kappa shape index (κ1) is 32.3. The number of nitrogens with one attached hydrogen (secondary N) is 3. The molecule has 0 saturated carbocycles. The van der Waals surface area contributed by atoms with Gasteiger partial charge in [-0.1, -0.05) is 18.2 Å². The van der Waals surface area contributed by atoms with E-state index < -0.39 is 0 Å². The zero-order chi connectivity index (χ0) is 32.8. The lowest BCUT2D eigenvalue weighted by atomic mass is 9.90. The molecule has 2 fully saturated rings. The van der Waals surface area contributed by atoms with Crippen LogP contribution in [0.3, 0.4) is 0 Å². The highest BCUT2D eigenvalue weighted by Gasteiger charge is 2.32. The summed E-state index contributed by atoms with van der Waals surface area (Å²) in [5, 5.41) is 7.16. The van der Waals surface area contributed by atoms with Crippen molar-refractivity contribution in [3.63, 3.8) is 0 Å². The predicted octanol–water partition coefficient (Wildman–Crippen LogP) is 3.70. The second-order valence-corrected chi connectivity index (χ2v) is 12.9. The monoisotopic (exact) mass is 637 g/mol.